The van der Waals surface area contributed by atoms with Crippen LogP contribution in [0.15, 0.2) is 57.7 Å². The molecule has 7 heteroatoms. The van der Waals surface area contributed by atoms with E-state index in [1.165, 1.54) is 32.4 Å². The topological polar surface area (TPSA) is 106 Å². The van der Waals surface area contributed by atoms with Crippen molar-refractivity contribution in [2.75, 3.05) is 26.2 Å². The molecule has 3 aromatic rings. The van der Waals surface area contributed by atoms with Crippen molar-refractivity contribution in [3.8, 4) is 5.75 Å². The molecule has 0 saturated carbocycles. The summed E-state index contributed by atoms with van der Waals surface area (Å²) < 4.78 is 11.3. The SMILES string of the molecule is Cc1ccc2cc(CC(O)(CCc3ccc(OCCCN4CCCCC4)cc3)C(N)=O)c(=O)oc2c1. The number of hydrogen-bond donors (Lipinski definition) is 2. The van der Waals surface area contributed by atoms with Crippen LogP contribution in [0.5, 0.6) is 5.75 Å². The summed E-state index contributed by atoms with van der Waals surface area (Å²) in [6.07, 6.45) is 5.24. The summed E-state index contributed by atoms with van der Waals surface area (Å²) in [7, 11) is 0. The minimum atomic E-state index is -1.86. The number of hydrogen-bond acceptors (Lipinski definition) is 6. The molecule has 1 atom stereocenters. The Morgan fingerprint density at radius 1 is 1.11 bits per heavy atom. The second-order valence-corrected chi connectivity index (χ2v) is 9.92. The van der Waals surface area contributed by atoms with E-state index in [1.807, 2.05) is 43.3 Å². The van der Waals surface area contributed by atoms with Crippen LogP contribution in [-0.4, -0.2) is 47.8 Å². The second kappa shape index (κ2) is 11.7. The van der Waals surface area contributed by atoms with Crippen molar-refractivity contribution in [2.24, 2.45) is 5.73 Å². The highest BCUT2D eigenvalue weighted by Gasteiger charge is 2.35. The first-order valence-corrected chi connectivity index (χ1v) is 12.8. The average Bonchev–Trinajstić information content (AvgIpc) is 2.87. The van der Waals surface area contributed by atoms with E-state index in [4.69, 9.17) is 14.9 Å². The van der Waals surface area contributed by atoms with Crippen LogP contribution < -0.4 is 16.1 Å². The van der Waals surface area contributed by atoms with Crippen molar-refractivity contribution in [2.45, 2.75) is 57.5 Å². The van der Waals surface area contributed by atoms with Crippen LogP contribution in [0.4, 0.5) is 0 Å². The largest absolute Gasteiger partial charge is 0.494 e. The van der Waals surface area contributed by atoms with Crippen molar-refractivity contribution in [3.63, 3.8) is 0 Å². The van der Waals surface area contributed by atoms with E-state index < -0.39 is 17.1 Å². The highest BCUT2D eigenvalue weighted by molar-refractivity contribution is 5.84. The van der Waals surface area contributed by atoms with E-state index in [0.717, 1.165) is 35.2 Å². The van der Waals surface area contributed by atoms with Crippen molar-refractivity contribution in [1.29, 1.82) is 0 Å². The zero-order chi connectivity index (χ0) is 25.5. The lowest BCUT2D eigenvalue weighted by atomic mass is 9.88. The van der Waals surface area contributed by atoms with Gasteiger partial charge in [0.15, 0.2) is 0 Å². The van der Waals surface area contributed by atoms with E-state index in [-0.39, 0.29) is 18.4 Å². The third-order valence-electron chi connectivity index (χ3n) is 6.99. The summed E-state index contributed by atoms with van der Waals surface area (Å²) >= 11 is 0. The first-order valence-electron chi connectivity index (χ1n) is 12.8. The minimum absolute atomic E-state index is 0.0871. The van der Waals surface area contributed by atoms with Crippen molar-refractivity contribution in [3.05, 3.63) is 75.6 Å². The van der Waals surface area contributed by atoms with Gasteiger partial charge in [-0.1, -0.05) is 30.7 Å². The molecule has 4 rings (SSSR count). The zero-order valence-electron chi connectivity index (χ0n) is 21.0. The molecule has 7 nitrogen and oxygen atoms in total. The summed E-state index contributed by atoms with van der Waals surface area (Å²) in [5.74, 6) is -0.0638. The standard InChI is InChI=1S/C29H36N2O5/c1-21-6-9-23-19-24(27(32)36-26(23)18-21)20-29(34,28(30)33)13-12-22-7-10-25(11-8-22)35-17-5-16-31-14-3-2-4-15-31/h6-11,18-19,34H,2-5,12-17,20H2,1H3,(H2,30,33). The number of primary amides is 1. The summed E-state index contributed by atoms with van der Waals surface area (Å²) in [5.41, 5.74) is 5.74. The number of rotatable bonds is 11. The van der Waals surface area contributed by atoms with Crippen molar-refractivity contribution < 1.29 is 19.1 Å². The molecule has 192 valence electrons. The summed E-state index contributed by atoms with van der Waals surface area (Å²) in [6, 6.07) is 14.8. The average molecular weight is 493 g/mol. The Kier molecular flexibility index (Phi) is 8.44. The van der Waals surface area contributed by atoms with Gasteiger partial charge in [-0.25, -0.2) is 4.79 Å². The molecule has 1 aliphatic rings. The van der Waals surface area contributed by atoms with Gasteiger partial charge in [-0.05, 0) is 87.5 Å². The van der Waals surface area contributed by atoms with Gasteiger partial charge in [-0.2, -0.15) is 0 Å². The van der Waals surface area contributed by atoms with Gasteiger partial charge < -0.3 is 24.9 Å². The number of amides is 1. The predicted octanol–water partition coefficient (Wildman–Crippen LogP) is 3.75. The van der Waals surface area contributed by atoms with Crippen LogP contribution in [0, 0.1) is 6.92 Å². The molecule has 0 radical (unpaired) electrons. The molecule has 1 unspecified atom stereocenters. The van der Waals surface area contributed by atoms with Gasteiger partial charge in [0.2, 0.25) is 5.91 Å². The number of aryl methyl sites for hydroxylation is 2. The Bertz CT molecular complexity index is 1230. The number of ether oxygens (including phenoxy) is 1. The highest BCUT2D eigenvalue weighted by Crippen LogP contribution is 2.23. The maximum Gasteiger partial charge on any atom is 0.339 e. The third-order valence-corrected chi connectivity index (χ3v) is 6.99. The second-order valence-electron chi connectivity index (χ2n) is 9.92. The molecule has 1 saturated heterocycles. The number of piperidine rings is 1. The lowest BCUT2D eigenvalue weighted by Crippen LogP contribution is -2.47. The highest BCUT2D eigenvalue weighted by atomic mass is 16.5. The Balaban J connectivity index is 1.32. The minimum Gasteiger partial charge on any atom is -0.494 e. The molecule has 2 heterocycles. The van der Waals surface area contributed by atoms with Crippen LogP contribution in [0.3, 0.4) is 0 Å². The maximum atomic E-state index is 12.5. The molecule has 36 heavy (non-hydrogen) atoms. The summed E-state index contributed by atoms with van der Waals surface area (Å²) in [4.78, 5) is 27.2. The number of fused-ring (bicyclic) bond motifs is 1. The number of nitrogens with two attached hydrogens (primary N) is 1. The van der Waals surface area contributed by atoms with Crippen LogP contribution in [0.25, 0.3) is 11.0 Å². The third kappa shape index (κ3) is 6.74. The number of benzene rings is 2. The quantitative estimate of drug-likeness (QED) is 0.312. The molecule has 1 aromatic heterocycles. The number of aliphatic hydroxyl groups is 1. The van der Waals surface area contributed by atoms with Gasteiger partial charge in [0, 0.05) is 23.9 Å². The lowest BCUT2D eigenvalue weighted by Gasteiger charge is -2.26. The van der Waals surface area contributed by atoms with Crippen molar-refractivity contribution >= 4 is 16.9 Å². The first-order chi connectivity index (χ1) is 17.3. The maximum absolute atomic E-state index is 12.5. The van der Waals surface area contributed by atoms with Gasteiger partial charge in [0.25, 0.3) is 0 Å². The van der Waals surface area contributed by atoms with E-state index in [0.29, 0.717) is 18.6 Å². The van der Waals surface area contributed by atoms with Crippen LogP contribution in [0.1, 0.15) is 48.8 Å². The Hall–Kier alpha value is -3.16. The van der Waals surface area contributed by atoms with E-state index in [1.54, 1.807) is 12.1 Å². The van der Waals surface area contributed by atoms with Crippen LogP contribution >= 0.6 is 0 Å². The van der Waals surface area contributed by atoms with Crippen LogP contribution in [0.2, 0.25) is 0 Å². The smallest absolute Gasteiger partial charge is 0.339 e. The number of carbonyl (C=O) groups is 1. The molecule has 0 bridgehead atoms. The summed E-state index contributed by atoms with van der Waals surface area (Å²) in [6.45, 7) is 6.04. The normalized spacial score (nSPS) is 16.1. The monoisotopic (exact) mass is 492 g/mol. The van der Waals surface area contributed by atoms with Gasteiger partial charge in [-0.15, -0.1) is 0 Å². The van der Waals surface area contributed by atoms with E-state index in [9.17, 15) is 14.7 Å². The molecule has 2 aromatic carbocycles. The molecular weight excluding hydrogens is 456 g/mol. The van der Waals surface area contributed by atoms with Gasteiger partial charge in [0.1, 0.15) is 16.9 Å². The number of carbonyl (C=O) groups excluding carboxylic acids is 1. The Morgan fingerprint density at radius 3 is 2.58 bits per heavy atom. The van der Waals surface area contributed by atoms with E-state index >= 15 is 0 Å². The van der Waals surface area contributed by atoms with Crippen molar-refractivity contribution in [1.82, 2.24) is 4.90 Å². The fourth-order valence-electron chi connectivity index (χ4n) is 4.76. The lowest BCUT2D eigenvalue weighted by molar-refractivity contribution is -0.136. The fraction of sp³-hybridized carbons (Fsp3) is 0.448. The summed E-state index contributed by atoms with van der Waals surface area (Å²) in [5, 5.41) is 11.8. The van der Waals surface area contributed by atoms with Gasteiger partial charge in [-0.3, -0.25) is 4.79 Å². The fourth-order valence-corrected chi connectivity index (χ4v) is 4.76. The molecular formula is C29H36N2O5. The molecule has 3 N–H and O–H groups in total. The Labute approximate surface area is 211 Å². The van der Waals surface area contributed by atoms with Crippen LogP contribution in [-0.2, 0) is 17.6 Å². The molecule has 0 spiro atoms. The number of nitrogens with zero attached hydrogens (tertiary/aromatic N) is 1. The zero-order valence-corrected chi connectivity index (χ0v) is 21.0. The first kappa shape index (κ1) is 25.9. The predicted molar refractivity (Wildman–Crippen MR) is 140 cm³/mol. The van der Waals surface area contributed by atoms with E-state index in [2.05, 4.69) is 4.90 Å². The van der Waals surface area contributed by atoms with Gasteiger partial charge >= 0.3 is 5.63 Å². The molecule has 1 fully saturated rings. The molecule has 1 amide bonds. The molecule has 0 aliphatic carbocycles. The number of likely N-dealkylation sites (tertiary alicyclic amines) is 1. The van der Waals surface area contributed by atoms with Gasteiger partial charge in [0.05, 0.1) is 6.61 Å². The molecule has 1 aliphatic heterocycles. The Morgan fingerprint density at radius 2 is 1.86 bits per heavy atom.